The molecule has 0 spiro atoms. The molecule has 2 N–H and O–H groups in total. The number of thioether (sulfide) groups is 1. The van der Waals surface area contributed by atoms with Gasteiger partial charge < -0.3 is 10.5 Å². The average molecular weight is 258 g/mol. The van der Waals surface area contributed by atoms with Gasteiger partial charge in [-0.2, -0.15) is 11.8 Å². The molecular formula is C12H16ClNOS. The second-order valence-corrected chi connectivity index (χ2v) is 5.62. The quantitative estimate of drug-likeness (QED) is 0.904. The van der Waals surface area contributed by atoms with Crippen LogP contribution in [0.2, 0.25) is 5.02 Å². The number of hydrogen-bond donors (Lipinski definition) is 1. The van der Waals surface area contributed by atoms with Crippen molar-refractivity contribution in [2.45, 2.75) is 12.5 Å². The largest absolute Gasteiger partial charge is 0.496 e. The molecule has 2 unspecified atom stereocenters. The Morgan fingerprint density at radius 3 is 3.00 bits per heavy atom. The van der Waals surface area contributed by atoms with Crippen LogP contribution in [0.25, 0.3) is 0 Å². The molecular weight excluding hydrogens is 242 g/mol. The van der Waals surface area contributed by atoms with Crippen LogP contribution in [-0.2, 0) is 0 Å². The summed E-state index contributed by atoms with van der Waals surface area (Å²) in [6.45, 7) is 0. The first-order valence-electron chi connectivity index (χ1n) is 5.39. The lowest BCUT2D eigenvalue weighted by Gasteiger charge is -2.21. The minimum atomic E-state index is 0.0312. The van der Waals surface area contributed by atoms with E-state index in [1.807, 2.05) is 30.0 Å². The maximum atomic E-state index is 6.29. The maximum Gasteiger partial charge on any atom is 0.123 e. The van der Waals surface area contributed by atoms with Gasteiger partial charge in [0.1, 0.15) is 5.75 Å². The van der Waals surface area contributed by atoms with Crippen LogP contribution in [-0.4, -0.2) is 18.6 Å². The highest BCUT2D eigenvalue weighted by Crippen LogP contribution is 2.37. The van der Waals surface area contributed by atoms with E-state index in [0.29, 0.717) is 5.92 Å². The normalized spacial score (nSPS) is 22.1. The molecule has 0 amide bonds. The highest BCUT2D eigenvalue weighted by molar-refractivity contribution is 7.99. The summed E-state index contributed by atoms with van der Waals surface area (Å²) in [5.41, 5.74) is 7.32. The Kier molecular flexibility index (Phi) is 4.00. The zero-order chi connectivity index (χ0) is 11.5. The first-order chi connectivity index (χ1) is 7.72. The number of nitrogens with two attached hydrogens (primary N) is 1. The van der Waals surface area contributed by atoms with Crippen molar-refractivity contribution >= 4 is 23.4 Å². The summed E-state index contributed by atoms with van der Waals surface area (Å²) < 4.78 is 5.34. The van der Waals surface area contributed by atoms with Crippen LogP contribution >= 0.6 is 23.4 Å². The van der Waals surface area contributed by atoms with Crippen LogP contribution in [0.5, 0.6) is 5.75 Å². The number of methoxy groups -OCH3 is 1. The van der Waals surface area contributed by atoms with Gasteiger partial charge in [0.05, 0.1) is 7.11 Å². The predicted molar refractivity (Wildman–Crippen MR) is 70.4 cm³/mol. The molecule has 2 rings (SSSR count). The van der Waals surface area contributed by atoms with Gasteiger partial charge in [-0.05, 0) is 42.0 Å². The molecule has 2 nitrogen and oxygen atoms in total. The predicted octanol–water partition coefficient (Wildman–Crippen LogP) is 3.10. The van der Waals surface area contributed by atoms with E-state index in [4.69, 9.17) is 22.1 Å². The van der Waals surface area contributed by atoms with Crippen molar-refractivity contribution in [1.82, 2.24) is 0 Å². The monoisotopic (exact) mass is 257 g/mol. The Balaban J connectivity index is 2.26. The van der Waals surface area contributed by atoms with E-state index in [1.165, 1.54) is 12.2 Å². The molecule has 0 bridgehead atoms. The lowest BCUT2D eigenvalue weighted by atomic mass is 9.93. The van der Waals surface area contributed by atoms with E-state index in [1.54, 1.807) is 7.11 Å². The Hall–Kier alpha value is -0.380. The SMILES string of the molecule is COc1ccc(Cl)cc1C(N)C1CCSC1. The molecule has 0 aromatic heterocycles. The lowest BCUT2D eigenvalue weighted by Crippen LogP contribution is -2.21. The Labute approximate surface area is 105 Å². The summed E-state index contributed by atoms with van der Waals surface area (Å²) in [6, 6.07) is 5.68. The van der Waals surface area contributed by atoms with Crippen molar-refractivity contribution in [3.63, 3.8) is 0 Å². The van der Waals surface area contributed by atoms with Crippen molar-refractivity contribution in [2.24, 2.45) is 11.7 Å². The molecule has 1 aromatic rings. The van der Waals surface area contributed by atoms with Gasteiger partial charge in [0.15, 0.2) is 0 Å². The minimum absolute atomic E-state index is 0.0312. The maximum absolute atomic E-state index is 6.29. The van der Waals surface area contributed by atoms with Gasteiger partial charge in [0.2, 0.25) is 0 Å². The fourth-order valence-electron chi connectivity index (χ4n) is 2.06. The minimum Gasteiger partial charge on any atom is -0.496 e. The number of ether oxygens (including phenoxy) is 1. The fourth-order valence-corrected chi connectivity index (χ4v) is 3.55. The smallest absolute Gasteiger partial charge is 0.123 e. The molecule has 1 aliphatic heterocycles. The number of rotatable bonds is 3. The summed E-state index contributed by atoms with van der Waals surface area (Å²) in [5.74, 6) is 3.73. The second kappa shape index (κ2) is 5.30. The fraction of sp³-hybridized carbons (Fsp3) is 0.500. The zero-order valence-corrected chi connectivity index (χ0v) is 10.9. The Bertz CT molecular complexity index is 366. The topological polar surface area (TPSA) is 35.2 Å². The van der Waals surface area contributed by atoms with Gasteiger partial charge in [0.25, 0.3) is 0 Å². The molecule has 1 aromatic carbocycles. The van der Waals surface area contributed by atoms with E-state index in [0.717, 1.165) is 22.1 Å². The van der Waals surface area contributed by atoms with Crippen LogP contribution in [0.15, 0.2) is 18.2 Å². The third-order valence-corrected chi connectivity index (χ3v) is 4.45. The van der Waals surface area contributed by atoms with Crippen LogP contribution in [0.3, 0.4) is 0 Å². The molecule has 1 fully saturated rings. The number of benzene rings is 1. The van der Waals surface area contributed by atoms with Crippen LogP contribution < -0.4 is 10.5 Å². The first-order valence-corrected chi connectivity index (χ1v) is 6.92. The summed E-state index contributed by atoms with van der Waals surface area (Å²) in [4.78, 5) is 0. The molecule has 1 heterocycles. The summed E-state index contributed by atoms with van der Waals surface area (Å²) in [7, 11) is 1.67. The molecule has 1 aliphatic rings. The molecule has 0 radical (unpaired) electrons. The van der Waals surface area contributed by atoms with Crippen molar-refractivity contribution in [2.75, 3.05) is 18.6 Å². The third kappa shape index (κ3) is 2.47. The summed E-state index contributed by atoms with van der Waals surface area (Å²) in [6.07, 6.45) is 1.18. The number of hydrogen-bond acceptors (Lipinski definition) is 3. The van der Waals surface area contributed by atoms with Gasteiger partial charge in [-0.25, -0.2) is 0 Å². The van der Waals surface area contributed by atoms with Crippen LogP contribution in [0.1, 0.15) is 18.0 Å². The van der Waals surface area contributed by atoms with Gasteiger partial charge in [-0.1, -0.05) is 11.6 Å². The molecule has 88 valence electrons. The highest BCUT2D eigenvalue weighted by Gasteiger charge is 2.25. The Morgan fingerprint density at radius 2 is 2.38 bits per heavy atom. The van der Waals surface area contributed by atoms with Crippen LogP contribution in [0.4, 0.5) is 0 Å². The van der Waals surface area contributed by atoms with E-state index in [9.17, 15) is 0 Å². The highest BCUT2D eigenvalue weighted by atomic mass is 35.5. The standard InChI is InChI=1S/C12H16ClNOS/c1-15-11-3-2-9(13)6-10(11)12(14)8-4-5-16-7-8/h2-3,6,8,12H,4-5,7,14H2,1H3. The summed E-state index contributed by atoms with van der Waals surface area (Å²) in [5, 5.41) is 0.719. The molecule has 4 heteroatoms. The van der Waals surface area contributed by atoms with Crippen molar-refractivity contribution in [3.8, 4) is 5.75 Å². The van der Waals surface area contributed by atoms with E-state index in [2.05, 4.69) is 0 Å². The first kappa shape index (κ1) is 12.1. The van der Waals surface area contributed by atoms with E-state index >= 15 is 0 Å². The molecule has 2 atom stereocenters. The van der Waals surface area contributed by atoms with Crippen LogP contribution in [0, 0.1) is 5.92 Å². The lowest BCUT2D eigenvalue weighted by molar-refractivity contribution is 0.393. The molecule has 0 saturated carbocycles. The number of halogens is 1. The zero-order valence-electron chi connectivity index (χ0n) is 9.28. The van der Waals surface area contributed by atoms with Crippen molar-refractivity contribution < 1.29 is 4.74 Å². The molecule has 16 heavy (non-hydrogen) atoms. The van der Waals surface area contributed by atoms with Gasteiger partial charge in [0, 0.05) is 16.6 Å². The van der Waals surface area contributed by atoms with E-state index < -0.39 is 0 Å². The van der Waals surface area contributed by atoms with Crippen molar-refractivity contribution in [3.05, 3.63) is 28.8 Å². The summed E-state index contributed by atoms with van der Waals surface area (Å²) >= 11 is 7.98. The Morgan fingerprint density at radius 1 is 1.56 bits per heavy atom. The van der Waals surface area contributed by atoms with Gasteiger partial charge in [-0.15, -0.1) is 0 Å². The molecule has 1 saturated heterocycles. The van der Waals surface area contributed by atoms with Crippen molar-refractivity contribution in [1.29, 1.82) is 0 Å². The van der Waals surface area contributed by atoms with Gasteiger partial charge in [-0.3, -0.25) is 0 Å². The third-order valence-electron chi connectivity index (χ3n) is 3.02. The second-order valence-electron chi connectivity index (χ2n) is 4.04. The van der Waals surface area contributed by atoms with Gasteiger partial charge >= 0.3 is 0 Å². The molecule has 0 aliphatic carbocycles. The average Bonchev–Trinajstić information content (AvgIpc) is 2.81. The van der Waals surface area contributed by atoms with E-state index in [-0.39, 0.29) is 6.04 Å².